The Bertz CT molecular complexity index is 452. The zero-order chi connectivity index (χ0) is 14.5. The summed E-state index contributed by atoms with van der Waals surface area (Å²) in [6, 6.07) is 8.56. The van der Waals surface area contributed by atoms with Crippen molar-refractivity contribution in [1.29, 1.82) is 0 Å². The molecule has 0 spiro atoms. The molecular weight excluding hydrogens is 260 g/mol. The van der Waals surface area contributed by atoms with Crippen molar-refractivity contribution >= 4 is 12.1 Å². The number of alkyl halides is 2. The standard InChI is InChI=1S/C12H13F2NO4/c1-12(9(13)14,10(16)17)15-11(18)19-7-8-5-3-2-4-6-8/h2-6,9H,7H2,1H3,(H,15,18)(H,16,17). The molecule has 0 aliphatic rings. The summed E-state index contributed by atoms with van der Waals surface area (Å²) in [6.45, 7) is 0.579. The molecule has 0 aliphatic carbocycles. The number of hydrogen-bond acceptors (Lipinski definition) is 3. The molecule has 5 nitrogen and oxygen atoms in total. The van der Waals surface area contributed by atoms with Gasteiger partial charge in [0.05, 0.1) is 0 Å². The fourth-order valence-electron chi connectivity index (χ4n) is 1.17. The van der Waals surface area contributed by atoms with Crippen LogP contribution in [0, 0.1) is 0 Å². The Labute approximate surface area is 108 Å². The van der Waals surface area contributed by atoms with E-state index in [0.717, 1.165) is 0 Å². The van der Waals surface area contributed by atoms with Crippen LogP contribution in [0.3, 0.4) is 0 Å². The van der Waals surface area contributed by atoms with Crippen LogP contribution in [-0.4, -0.2) is 29.1 Å². The maximum atomic E-state index is 12.6. The first-order valence-corrected chi connectivity index (χ1v) is 5.36. The molecule has 1 unspecified atom stereocenters. The number of carboxylic acid groups (broad SMARTS) is 1. The Kier molecular flexibility index (Phi) is 4.80. The largest absolute Gasteiger partial charge is 0.479 e. The van der Waals surface area contributed by atoms with Gasteiger partial charge in [-0.15, -0.1) is 0 Å². The third kappa shape index (κ3) is 3.90. The number of halogens is 2. The highest BCUT2D eigenvalue weighted by molar-refractivity contribution is 5.84. The lowest BCUT2D eigenvalue weighted by Crippen LogP contribution is -2.57. The topological polar surface area (TPSA) is 75.6 Å². The molecule has 0 aliphatic heterocycles. The summed E-state index contributed by atoms with van der Waals surface area (Å²) in [5.74, 6) is -1.83. The van der Waals surface area contributed by atoms with E-state index in [0.29, 0.717) is 12.5 Å². The second-order valence-corrected chi connectivity index (χ2v) is 3.99. The molecule has 0 bridgehead atoms. The van der Waals surface area contributed by atoms with Crippen molar-refractivity contribution in [3.63, 3.8) is 0 Å². The minimum absolute atomic E-state index is 0.133. The van der Waals surface area contributed by atoms with E-state index in [-0.39, 0.29) is 6.61 Å². The predicted octanol–water partition coefficient (Wildman–Crippen LogP) is 2.02. The maximum Gasteiger partial charge on any atom is 0.408 e. The van der Waals surface area contributed by atoms with Crippen molar-refractivity contribution in [3.05, 3.63) is 35.9 Å². The average Bonchev–Trinajstić information content (AvgIpc) is 2.37. The van der Waals surface area contributed by atoms with Crippen LogP contribution < -0.4 is 5.32 Å². The molecule has 0 saturated carbocycles. The molecule has 1 amide bonds. The summed E-state index contributed by atoms with van der Waals surface area (Å²) in [4.78, 5) is 22.0. The van der Waals surface area contributed by atoms with E-state index in [1.165, 1.54) is 0 Å². The first kappa shape index (κ1) is 14.9. The predicted molar refractivity (Wildman–Crippen MR) is 61.8 cm³/mol. The van der Waals surface area contributed by atoms with Crippen LogP contribution in [0.5, 0.6) is 0 Å². The van der Waals surface area contributed by atoms with E-state index in [1.807, 2.05) is 0 Å². The summed E-state index contributed by atoms with van der Waals surface area (Å²) in [6.07, 6.45) is -4.47. The van der Waals surface area contributed by atoms with Crippen molar-refractivity contribution in [2.24, 2.45) is 0 Å². The SMILES string of the molecule is CC(NC(=O)OCc1ccccc1)(C(=O)O)C(F)F. The molecule has 19 heavy (non-hydrogen) atoms. The minimum Gasteiger partial charge on any atom is -0.479 e. The number of ether oxygens (including phenoxy) is 1. The number of aliphatic carboxylic acids is 1. The van der Waals surface area contributed by atoms with Crippen LogP contribution in [0.25, 0.3) is 0 Å². The Balaban J connectivity index is 2.57. The van der Waals surface area contributed by atoms with Gasteiger partial charge in [0.2, 0.25) is 0 Å². The van der Waals surface area contributed by atoms with E-state index in [4.69, 9.17) is 5.11 Å². The fourth-order valence-corrected chi connectivity index (χ4v) is 1.17. The number of rotatable bonds is 5. The smallest absolute Gasteiger partial charge is 0.408 e. The molecule has 2 N–H and O–H groups in total. The number of nitrogens with one attached hydrogen (secondary N) is 1. The number of alkyl carbamates (subject to hydrolysis) is 1. The first-order chi connectivity index (χ1) is 8.86. The summed E-state index contributed by atoms with van der Waals surface area (Å²) >= 11 is 0. The van der Waals surface area contributed by atoms with E-state index in [2.05, 4.69) is 4.74 Å². The number of hydrogen-bond donors (Lipinski definition) is 2. The van der Waals surface area contributed by atoms with Crippen molar-refractivity contribution in [2.45, 2.75) is 25.5 Å². The van der Waals surface area contributed by atoms with Crippen LogP contribution >= 0.6 is 0 Å². The third-order valence-electron chi connectivity index (χ3n) is 2.46. The van der Waals surface area contributed by atoms with E-state index in [9.17, 15) is 18.4 Å². The van der Waals surface area contributed by atoms with Crippen LogP contribution in [0.2, 0.25) is 0 Å². The van der Waals surface area contributed by atoms with Crippen LogP contribution in [-0.2, 0) is 16.1 Å². The summed E-state index contributed by atoms with van der Waals surface area (Å²) in [7, 11) is 0. The Morgan fingerprint density at radius 2 is 1.95 bits per heavy atom. The van der Waals surface area contributed by atoms with Gasteiger partial charge in [0.1, 0.15) is 6.61 Å². The highest BCUT2D eigenvalue weighted by Gasteiger charge is 2.45. The summed E-state index contributed by atoms with van der Waals surface area (Å²) in [5.41, 5.74) is -2.01. The maximum absolute atomic E-state index is 12.6. The second kappa shape index (κ2) is 6.12. The van der Waals surface area contributed by atoms with E-state index in [1.54, 1.807) is 35.6 Å². The average molecular weight is 273 g/mol. The monoisotopic (exact) mass is 273 g/mol. The number of benzene rings is 1. The highest BCUT2D eigenvalue weighted by Crippen LogP contribution is 2.16. The summed E-state index contributed by atoms with van der Waals surface area (Å²) in [5, 5.41) is 10.3. The molecular formula is C12H13F2NO4. The number of carbonyl (C=O) groups excluding carboxylic acids is 1. The first-order valence-electron chi connectivity index (χ1n) is 5.36. The van der Waals surface area contributed by atoms with Gasteiger partial charge in [0, 0.05) is 0 Å². The van der Waals surface area contributed by atoms with Gasteiger partial charge in [0.15, 0.2) is 5.54 Å². The molecule has 1 aromatic carbocycles. The quantitative estimate of drug-likeness (QED) is 0.860. The summed E-state index contributed by atoms with van der Waals surface area (Å²) < 4.78 is 29.9. The number of carboxylic acids is 1. The zero-order valence-corrected chi connectivity index (χ0v) is 10.1. The molecule has 104 valence electrons. The third-order valence-corrected chi connectivity index (χ3v) is 2.46. The molecule has 1 atom stereocenters. The zero-order valence-electron chi connectivity index (χ0n) is 10.1. The number of amides is 1. The molecule has 0 heterocycles. The Hall–Kier alpha value is -2.18. The van der Waals surface area contributed by atoms with Gasteiger partial charge in [-0.25, -0.2) is 18.4 Å². The van der Waals surface area contributed by atoms with Crippen LogP contribution in [0.1, 0.15) is 12.5 Å². The fraction of sp³-hybridized carbons (Fsp3) is 0.333. The van der Waals surface area contributed by atoms with Gasteiger partial charge in [-0.1, -0.05) is 30.3 Å². The highest BCUT2D eigenvalue weighted by atomic mass is 19.3. The van der Waals surface area contributed by atoms with Gasteiger partial charge in [0.25, 0.3) is 6.43 Å². The van der Waals surface area contributed by atoms with Gasteiger partial charge < -0.3 is 15.2 Å². The lowest BCUT2D eigenvalue weighted by Gasteiger charge is -2.24. The van der Waals surface area contributed by atoms with E-state index >= 15 is 0 Å². The normalized spacial score (nSPS) is 13.7. The van der Waals surface area contributed by atoms with Crippen molar-refractivity contribution < 1.29 is 28.2 Å². The van der Waals surface area contributed by atoms with Crippen molar-refractivity contribution in [3.8, 4) is 0 Å². The molecule has 0 radical (unpaired) electrons. The second-order valence-electron chi connectivity index (χ2n) is 3.99. The number of carbonyl (C=O) groups is 2. The molecule has 7 heteroatoms. The lowest BCUT2D eigenvalue weighted by atomic mass is 10.0. The van der Waals surface area contributed by atoms with Crippen molar-refractivity contribution in [1.82, 2.24) is 5.32 Å². The Morgan fingerprint density at radius 3 is 2.42 bits per heavy atom. The molecule has 0 saturated heterocycles. The minimum atomic E-state index is -3.26. The van der Waals surface area contributed by atoms with Gasteiger partial charge in [-0.05, 0) is 12.5 Å². The Morgan fingerprint density at radius 1 is 1.37 bits per heavy atom. The van der Waals surface area contributed by atoms with Gasteiger partial charge >= 0.3 is 12.1 Å². The van der Waals surface area contributed by atoms with Crippen LogP contribution in [0.15, 0.2) is 30.3 Å². The lowest BCUT2D eigenvalue weighted by molar-refractivity contribution is -0.150. The van der Waals surface area contributed by atoms with Gasteiger partial charge in [-0.3, -0.25) is 0 Å². The van der Waals surface area contributed by atoms with Crippen LogP contribution in [0.4, 0.5) is 13.6 Å². The molecule has 0 fully saturated rings. The van der Waals surface area contributed by atoms with Gasteiger partial charge in [-0.2, -0.15) is 0 Å². The van der Waals surface area contributed by atoms with E-state index < -0.39 is 24.0 Å². The molecule has 0 aromatic heterocycles. The molecule has 1 aromatic rings. The van der Waals surface area contributed by atoms with Crippen molar-refractivity contribution in [2.75, 3.05) is 0 Å². The molecule has 1 rings (SSSR count).